The molecule has 11 heavy (non-hydrogen) atoms. The van der Waals surface area contributed by atoms with Crippen molar-refractivity contribution in [1.82, 2.24) is 9.97 Å². The number of carbonyl (C=O) groups excluding carboxylic acids is 1. The Bertz CT molecular complexity index is 259. The van der Waals surface area contributed by atoms with Gasteiger partial charge in [0.05, 0.1) is 12.4 Å². The van der Waals surface area contributed by atoms with Gasteiger partial charge in [-0.25, -0.2) is 9.97 Å². The van der Waals surface area contributed by atoms with Gasteiger partial charge in [0.2, 0.25) is 5.12 Å². The van der Waals surface area contributed by atoms with Crippen molar-refractivity contribution in [2.75, 3.05) is 12.0 Å². The van der Waals surface area contributed by atoms with Gasteiger partial charge in [-0.05, 0) is 6.26 Å². The summed E-state index contributed by atoms with van der Waals surface area (Å²) in [6, 6.07) is 0. The molecule has 0 fully saturated rings. The molecule has 1 heterocycles. The van der Waals surface area contributed by atoms with E-state index >= 15 is 0 Å². The zero-order chi connectivity index (χ0) is 8.27. The maximum atomic E-state index is 10.9. The Balaban J connectivity index is 2.90. The standard InChI is InChI=1S/C6H7N3OS/c1-11-6(10)4-2-9-5(7)3-8-4/h2-3H,1H3,(H2,7,9). The van der Waals surface area contributed by atoms with Gasteiger partial charge in [-0.1, -0.05) is 11.8 Å². The van der Waals surface area contributed by atoms with Crippen molar-refractivity contribution in [2.45, 2.75) is 0 Å². The minimum atomic E-state index is -0.0995. The molecule has 0 unspecified atom stereocenters. The van der Waals surface area contributed by atoms with Crippen LogP contribution in [0.1, 0.15) is 10.5 Å². The van der Waals surface area contributed by atoms with E-state index in [-0.39, 0.29) is 5.12 Å². The van der Waals surface area contributed by atoms with Gasteiger partial charge in [0.1, 0.15) is 11.5 Å². The summed E-state index contributed by atoms with van der Waals surface area (Å²) in [7, 11) is 0. The molecule has 0 spiro atoms. The molecule has 0 aliphatic heterocycles. The number of anilines is 1. The third kappa shape index (κ3) is 1.91. The van der Waals surface area contributed by atoms with Gasteiger partial charge in [0.15, 0.2) is 0 Å². The quantitative estimate of drug-likeness (QED) is 0.665. The molecule has 5 heteroatoms. The van der Waals surface area contributed by atoms with E-state index in [1.165, 1.54) is 12.4 Å². The zero-order valence-corrected chi connectivity index (χ0v) is 6.76. The van der Waals surface area contributed by atoms with Gasteiger partial charge in [0.25, 0.3) is 0 Å². The number of nitrogen functional groups attached to an aromatic ring is 1. The highest BCUT2D eigenvalue weighted by Gasteiger charge is 2.04. The van der Waals surface area contributed by atoms with Crippen LogP contribution in [0.5, 0.6) is 0 Å². The number of rotatable bonds is 1. The lowest BCUT2D eigenvalue weighted by Gasteiger charge is -1.94. The van der Waals surface area contributed by atoms with Crippen molar-refractivity contribution in [3.63, 3.8) is 0 Å². The smallest absolute Gasteiger partial charge is 0.239 e. The predicted octanol–water partition coefficient (Wildman–Crippen LogP) is 0.562. The fraction of sp³-hybridized carbons (Fsp3) is 0.167. The maximum absolute atomic E-state index is 10.9. The van der Waals surface area contributed by atoms with Crippen molar-refractivity contribution in [3.8, 4) is 0 Å². The van der Waals surface area contributed by atoms with Crippen molar-refractivity contribution in [3.05, 3.63) is 18.1 Å². The molecule has 0 aliphatic rings. The van der Waals surface area contributed by atoms with E-state index in [0.717, 1.165) is 11.8 Å². The first kappa shape index (κ1) is 8.00. The monoisotopic (exact) mass is 169 g/mol. The highest BCUT2D eigenvalue weighted by atomic mass is 32.2. The topological polar surface area (TPSA) is 68.9 Å². The number of hydrogen-bond acceptors (Lipinski definition) is 5. The van der Waals surface area contributed by atoms with Crippen LogP contribution in [0.4, 0.5) is 5.82 Å². The van der Waals surface area contributed by atoms with Crippen molar-refractivity contribution >= 4 is 22.7 Å². The Labute approximate surface area is 68.2 Å². The highest BCUT2D eigenvalue weighted by Crippen LogP contribution is 2.05. The molecule has 4 nitrogen and oxygen atoms in total. The molecule has 2 N–H and O–H groups in total. The first-order chi connectivity index (χ1) is 5.24. The second-order valence-corrected chi connectivity index (χ2v) is 2.60. The lowest BCUT2D eigenvalue weighted by molar-refractivity contribution is 0.108. The van der Waals surface area contributed by atoms with Crippen LogP contribution < -0.4 is 5.73 Å². The van der Waals surface area contributed by atoms with E-state index in [1.807, 2.05) is 0 Å². The number of carbonyl (C=O) groups is 1. The third-order valence-corrected chi connectivity index (χ3v) is 1.65. The lowest BCUT2D eigenvalue weighted by atomic mass is 10.5. The first-order valence-corrected chi connectivity index (χ1v) is 4.12. The molecule has 0 amide bonds. The summed E-state index contributed by atoms with van der Waals surface area (Å²) in [5, 5.41) is -0.0995. The molecule has 0 bridgehead atoms. The Morgan fingerprint density at radius 2 is 2.27 bits per heavy atom. The predicted molar refractivity (Wildman–Crippen MR) is 44.3 cm³/mol. The molecule has 1 rings (SSSR count). The maximum Gasteiger partial charge on any atom is 0.239 e. The van der Waals surface area contributed by atoms with Crippen molar-refractivity contribution in [2.24, 2.45) is 0 Å². The van der Waals surface area contributed by atoms with Crippen LogP contribution in [0, 0.1) is 0 Å². The number of thioether (sulfide) groups is 1. The molecule has 0 aliphatic carbocycles. The van der Waals surface area contributed by atoms with Crippen LogP contribution in [-0.2, 0) is 0 Å². The van der Waals surface area contributed by atoms with Gasteiger partial charge in [-0.3, -0.25) is 4.79 Å². The number of aromatic nitrogens is 2. The molecule has 58 valence electrons. The molecule has 0 saturated carbocycles. The molecular formula is C6H7N3OS. The summed E-state index contributed by atoms with van der Waals surface area (Å²) in [5.41, 5.74) is 5.62. The van der Waals surface area contributed by atoms with E-state index in [9.17, 15) is 4.79 Å². The third-order valence-electron chi connectivity index (χ3n) is 1.07. The molecule has 0 saturated heterocycles. The fourth-order valence-corrected chi connectivity index (χ4v) is 0.863. The van der Waals surface area contributed by atoms with E-state index in [1.54, 1.807) is 6.26 Å². The van der Waals surface area contributed by atoms with Gasteiger partial charge < -0.3 is 5.73 Å². The lowest BCUT2D eigenvalue weighted by Crippen LogP contribution is -1.99. The number of hydrogen-bond donors (Lipinski definition) is 1. The van der Waals surface area contributed by atoms with Gasteiger partial charge >= 0.3 is 0 Å². The second kappa shape index (κ2) is 3.34. The van der Waals surface area contributed by atoms with Crippen LogP contribution in [0.2, 0.25) is 0 Å². The normalized spacial score (nSPS) is 9.55. The largest absolute Gasteiger partial charge is 0.382 e. The van der Waals surface area contributed by atoms with E-state index in [4.69, 9.17) is 5.73 Å². The average Bonchev–Trinajstić information content (AvgIpc) is 2.05. The summed E-state index contributed by atoms with van der Waals surface area (Å²) in [6.07, 6.45) is 4.43. The average molecular weight is 169 g/mol. The Morgan fingerprint density at radius 1 is 1.55 bits per heavy atom. The van der Waals surface area contributed by atoms with Crippen LogP contribution in [0.25, 0.3) is 0 Å². The summed E-state index contributed by atoms with van der Waals surface area (Å²) in [5.74, 6) is 0.322. The minimum absolute atomic E-state index is 0.0995. The van der Waals surface area contributed by atoms with E-state index in [0.29, 0.717) is 11.5 Å². The second-order valence-electron chi connectivity index (χ2n) is 1.82. The van der Waals surface area contributed by atoms with Crippen LogP contribution in [0.15, 0.2) is 12.4 Å². The summed E-state index contributed by atoms with van der Waals surface area (Å²) in [4.78, 5) is 18.5. The molecular weight excluding hydrogens is 162 g/mol. The summed E-state index contributed by atoms with van der Waals surface area (Å²) < 4.78 is 0. The molecule has 1 aromatic rings. The van der Waals surface area contributed by atoms with Gasteiger partial charge in [0, 0.05) is 0 Å². The molecule has 0 atom stereocenters. The molecule has 0 radical (unpaired) electrons. The number of nitrogens with zero attached hydrogens (tertiary/aromatic N) is 2. The Kier molecular flexibility index (Phi) is 2.43. The SMILES string of the molecule is CSC(=O)c1cnc(N)cn1. The summed E-state index contributed by atoms with van der Waals surface area (Å²) >= 11 is 1.10. The molecule has 0 aromatic carbocycles. The van der Waals surface area contributed by atoms with E-state index < -0.39 is 0 Å². The van der Waals surface area contributed by atoms with Gasteiger partial charge in [-0.15, -0.1) is 0 Å². The van der Waals surface area contributed by atoms with Gasteiger partial charge in [-0.2, -0.15) is 0 Å². The zero-order valence-electron chi connectivity index (χ0n) is 5.94. The van der Waals surface area contributed by atoms with Crippen molar-refractivity contribution in [1.29, 1.82) is 0 Å². The summed E-state index contributed by atoms with van der Waals surface area (Å²) in [6.45, 7) is 0. The Morgan fingerprint density at radius 3 is 2.73 bits per heavy atom. The minimum Gasteiger partial charge on any atom is -0.382 e. The van der Waals surface area contributed by atoms with Crippen LogP contribution in [-0.4, -0.2) is 21.3 Å². The van der Waals surface area contributed by atoms with Crippen LogP contribution in [0.3, 0.4) is 0 Å². The first-order valence-electron chi connectivity index (χ1n) is 2.90. The van der Waals surface area contributed by atoms with Crippen molar-refractivity contribution < 1.29 is 4.79 Å². The Hall–Kier alpha value is -1.10. The fourth-order valence-electron chi connectivity index (χ4n) is 0.548. The van der Waals surface area contributed by atoms with Crippen LogP contribution >= 0.6 is 11.8 Å². The molecule has 1 aromatic heterocycles. The van der Waals surface area contributed by atoms with E-state index in [2.05, 4.69) is 9.97 Å². The number of nitrogens with two attached hydrogens (primary N) is 1. The highest BCUT2D eigenvalue weighted by molar-refractivity contribution is 8.13.